The number of anilines is 2. The van der Waals surface area contributed by atoms with Crippen LogP contribution in [-0.4, -0.2) is 30.1 Å². The second-order valence-corrected chi connectivity index (χ2v) is 5.66. The van der Waals surface area contributed by atoms with Gasteiger partial charge >= 0.3 is 0 Å². The molecular weight excluding hydrogens is 290 g/mol. The van der Waals surface area contributed by atoms with Gasteiger partial charge in [0, 0.05) is 13.2 Å². The van der Waals surface area contributed by atoms with Crippen LogP contribution in [0.3, 0.4) is 0 Å². The minimum atomic E-state index is -0.0435. The molecule has 23 heavy (non-hydrogen) atoms. The zero-order chi connectivity index (χ0) is 15.9. The monoisotopic (exact) mass is 311 g/mol. The lowest BCUT2D eigenvalue weighted by Gasteiger charge is -2.11. The lowest BCUT2D eigenvalue weighted by Crippen LogP contribution is -2.19. The van der Waals surface area contributed by atoms with Gasteiger partial charge in [0.25, 0.3) is 0 Å². The van der Waals surface area contributed by atoms with E-state index in [2.05, 4.69) is 15.6 Å². The van der Waals surface area contributed by atoms with Crippen LogP contribution in [0.5, 0.6) is 0 Å². The maximum Gasteiger partial charge on any atom is 0.228 e. The van der Waals surface area contributed by atoms with Gasteiger partial charge in [-0.3, -0.25) is 4.79 Å². The average molecular weight is 311 g/mol. The summed E-state index contributed by atoms with van der Waals surface area (Å²) >= 11 is 0. The third-order valence-corrected chi connectivity index (χ3v) is 3.79. The number of pyridine rings is 1. The van der Waals surface area contributed by atoms with Gasteiger partial charge in [-0.15, -0.1) is 0 Å². The number of amides is 1. The largest absolute Gasteiger partial charge is 0.376 e. The molecule has 2 N–H and O–H groups in total. The number of nitrogens with one attached hydrogen (secondary N) is 2. The van der Waals surface area contributed by atoms with Gasteiger partial charge in [0.1, 0.15) is 5.82 Å². The van der Waals surface area contributed by atoms with Crippen LogP contribution >= 0.6 is 0 Å². The van der Waals surface area contributed by atoms with E-state index in [-0.39, 0.29) is 12.0 Å². The first-order valence-electron chi connectivity index (χ1n) is 7.95. The molecule has 2 aromatic rings. The summed E-state index contributed by atoms with van der Waals surface area (Å²) in [4.78, 5) is 16.3. The molecule has 0 saturated carbocycles. The number of rotatable bonds is 6. The third-order valence-electron chi connectivity index (χ3n) is 3.79. The van der Waals surface area contributed by atoms with E-state index in [1.54, 1.807) is 6.20 Å². The lowest BCUT2D eigenvalue weighted by molar-refractivity contribution is -0.115. The quantitative estimate of drug-likeness (QED) is 0.861. The van der Waals surface area contributed by atoms with Crippen molar-refractivity contribution in [3.8, 4) is 0 Å². The van der Waals surface area contributed by atoms with Crippen molar-refractivity contribution >= 4 is 17.4 Å². The van der Waals surface area contributed by atoms with Gasteiger partial charge in [-0.25, -0.2) is 4.98 Å². The first-order valence-corrected chi connectivity index (χ1v) is 7.95. The van der Waals surface area contributed by atoms with Crippen molar-refractivity contribution in [2.45, 2.75) is 25.4 Å². The summed E-state index contributed by atoms with van der Waals surface area (Å²) in [6, 6.07) is 13.4. The predicted octanol–water partition coefficient (Wildman–Crippen LogP) is 2.85. The molecule has 3 rings (SSSR count). The molecule has 1 saturated heterocycles. The van der Waals surface area contributed by atoms with Crippen LogP contribution in [0, 0.1) is 0 Å². The minimum Gasteiger partial charge on any atom is -0.376 e. The third kappa shape index (κ3) is 4.79. The Hall–Kier alpha value is -2.40. The molecule has 1 aromatic carbocycles. The number of nitrogens with zero attached hydrogens (tertiary/aromatic N) is 1. The summed E-state index contributed by atoms with van der Waals surface area (Å²) < 4.78 is 5.56. The van der Waals surface area contributed by atoms with E-state index >= 15 is 0 Å². The highest BCUT2D eigenvalue weighted by Crippen LogP contribution is 2.14. The first kappa shape index (κ1) is 15.5. The molecule has 1 aromatic heterocycles. The van der Waals surface area contributed by atoms with Gasteiger partial charge in [0.05, 0.1) is 24.4 Å². The van der Waals surface area contributed by atoms with Gasteiger partial charge in [-0.1, -0.05) is 30.3 Å². The van der Waals surface area contributed by atoms with Crippen LogP contribution in [0.2, 0.25) is 0 Å². The Morgan fingerprint density at radius 1 is 1.22 bits per heavy atom. The molecule has 120 valence electrons. The Morgan fingerprint density at radius 3 is 2.78 bits per heavy atom. The molecule has 5 heteroatoms. The Bertz CT molecular complexity index is 622. The molecule has 1 amide bonds. The van der Waals surface area contributed by atoms with Gasteiger partial charge in [0.2, 0.25) is 5.91 Å². The Morgan fingerprint density at radius 2 is 2.09 bits per heavy atom. The van der Waals surface area contributed by atoms with Crippen LogP contribution in [0.25, 0.3) is 0 Å². The zero-order valence-corrected chi connectivity index (χ0v) is 13.0. The zero-order valence-electron chi connectivity index (χ0n) is 13.0. The number of hydrogen-bond donors (Lipinski definition) is 2. The van der Waals surface area contributed by atoms with Crippen molar-refractivity contribution < 1.29 is 9.53 Å². The van der Waals surface area contributed by atoms with Crippen LogP contribution < -0.4 is 10.6 Å². The Balaban J connectivity index is 1.47. The van der Waals surface area contributed by atoms with Crippen LogP contribution in [-0.2, 0) is 16.0 Å². The molecule has 1 unspecified atom stereocenters. The number of benzene rings is 1. The predicted molar refractivity (Wildman–Crippen MR) is 90.5 cm³/mol. The van der Waals surface area contributed by atoms with E-state index in [0.29, 0.717) is 12.1 Å². The standard InChI is InChI=1S/C18H21N3O2/c22-18(11-14-5-2-1-3-6-14)21-15-8-9-17(19-12-15)20-13-16-7-4-10-23-16/h1-3,5-6,8-9,12,16H,4,7,10-11,13H2,(H,19,20)(H,21,22). The van der Waals surface area contributed by atoms with Crippen LogP contribution in [0.15, 0.2) is 48.7 Å². The van der Waals surface area contributed by atoms with E-state index < -0.39 is 0 Å². The van der Waals surface area contributed by atoms with E-state index in [9.17, 15) is 4.79 Å². The fourth-order valence-corrected chi connectivity index (χ4v) is 2.58. The van der Waals surface area contributed by atoms with Crippen LogP contribution in [0.4, 0.5) is 11.5 Å². The summed E-state index contributed by atoms with van der Waals surface area (Å²) in [7, 11) is 0. The molecule has 2 heterocycles. The number of carbonyl (C=O) groups excluding carboxylic acids is 1. The lowest BCUT2D eigenvalue weighted by atomic mass is 10.1. The van der Waals surface area contributed by atoms with Crippen molar-refractivity contribution in [2.75, 3.05) is 23.8 Å². The average Bonchev–Trinajstić information content (AvgIpc) is 3.08. The number of hydrogen-bond acceptors (Lipinski definition) is 4. The van der Waals surface area contributed by atoms with Crippen molar-refractivity contribution in [1.82, 2.24) is 4.98 Å². The summed E-state index contributed by atoms with van der Waals surface area (Å²) in [5.41, 5.74) is 1.70. The highest BCUT2D eigenvalue weighted by molar-refractivity contribution is 5.92. The van der Waals surface area contributed by atoms with Gasteiger partial charge < -0.3 is 15.4 Å². The number of carbonyl (C=O) groups is 1. The second-order valence-electron chi connectivity index (χ2n) is 5.66. The maximum atomic E-state index is 12.0. The normalized spacial score (nSPS) is 17.0. The summed E-state index contributed by atoms with van der Waals surface area (Å²) in [6.45, 7) is 1.62. The highest BCUT2D eigenvalue weighted by Gasteiger charge is 2.14. The molecule has 0 aliphatic carbocycles. The number of aromatic nitrogens is 1. The maximum absolute atomic E-state index is 12.0. The minimum absolute atomic E-state index is 0.0435. The SMILES string of the molecule is O=C(Cc1ccccc1)Nc1ccc(NCC2CCCO2)nc1. The molecule has 5 nitrogen and oxygen atoms in total. The number of ether oxygens (including phenoxy) is 1. The first-order chi connectivity index (χ1) is 11.3. The van der Waals surface area contributed by atoms with E-state index in [1.165, 1.54) is 0 Å². The van der Waals surface area contributed by atoms with Crippen LogP contribution in [0.1, 0.15) is 18.4 Å². The van der Waals surface area contributed by atoms with Crippen molar-refractivity contribution in [3.63, 3.8) is 0 Å². The molecule has 0 spiro atoms. The topological polar surface area (TPSA) is 63.2 Å². The summed E-state index contributed by atoms with van der Waals surface area (Å²) in [5, 5.41) is 6.12. The van der Waals surface area contributed by atoms with E-state index in [0.717, 1.165) is 37.4 Å². The van der Waals surface area contributed by atoms with Gasteiger partial charge in [-0.2, -0.15) is 0 Å². The second kappa shape index (κ2) is 7.74. The molecule has 1 aliphatic rings. The van der Waals surface area contributed by atoms with Gasteiger partial charge in [0.15, 0.2) is 0 Å². The molecule has 0 bridgehead atoms. The Labute approximate surface area is 136 Å². The smallest absolute Gasteiger partial charge is 0.228 e. The molecular formula is C18H21N3O2. The molecule has 1 atom stereocenters. The summed E-state index contributed by atoms with van der Waals surface area (Å²) in [6.07, 6.45) is 4.54. The fourth-order valence-electron chi connectivity index (χ4n) is 2.58. The van der Waals surface area contributed by atoms with E-state index in [4.69, 9.17) is 4.74 Å². The van der Waals surface area contributed by atoms with Crippen molar-refractivity contribution in [1.29, 1.82) is 0 Å². The molecule has 0 radical (unpaired) electrons. The van der Waals surface area contributed by atoms with E-state index in [1.807, 2.05) is 42.5 Å². The molecule has 1 aliphatic heterocycles. The fraction of sp³-hybridized carbons (Fsp3) is 0.333. The van der Waals surface area contributed by atoms with Gasteiger partial charge in [-0.05, 0) is 30.5 Å². The summed E-state index contributed by atoms with van der Waals surface area (Å²) in [5.74, 6) is 0.750. The highest BCUT2D eigenvalue weighted by atomic mass is 16.5. The van der Waals surface area contributed by atoms with Crippen molar-refractivity contribution in [3.05, 3.63) is 54.2 Å². The van der Waals surface area contributed by atoms with Crippen molar-refractivity contribution in [2.24, 2.45) is 0 Å². The molecule has 1 fully saturated rings. The Kier molecular flexibility index (Phi) is 5.21.